The third-order valence-corrected chi connectivity index (χ3v) is 5.50. The quantitative estimate of drug-likeness (QED) is 0.803. The van der Waals surface area contributed by atoms with Gasteiger partial charge in [0.2, 0.25) is 9.84 Å². The Labute approximate surface area is 104 Å². The first-order chi connectivity index (χ1) is 8.07. The van der Waals surface area contributed by atoms with Gasteiger partial charge in [0.1, 0.15) is 0 Å². The third kappa shape index (κ3) is 2.03. The Bertz CT molecular complexity index is 640. The van der Waals surface area contributed by atoms with Crippen LogP contribution in [-0.2, 0) is 9.84 Å². The average Bonchev–Trinajstić information content (AvgIpc) is 2.72. The number of hydrogen-bond donors (Lipinski definition) is 0. The Balaban J connectivity index is 2.68. The molecule has 1 heterocycles. The minimum atomic E-state index is -3.59. The maximum atomic E-state index is 12.3. The lowest BCUT2D eigenvalue weighted by atomic mass is 10.3. The van der Waals surface area contributed by atoms with Gasteiger partial charge in [0, 0.05) is 0 Å². The zero-order chi connectivity index (χ0) is 12.5. The summed E-state index contributed by atoms with van der Waals surface area (Å²) in [6, 6.07) is 8.13. The van der Waals surface area contributed by atoms with E-state index >= 15 is 0 Å². The van der Waals surface area contributed by atoms with E-state index in [-0.39, 0.29) is 14.7 Å². The number of sulfone groups is 1. The van der Waals surface area contributed by atoms with Gasteiger partial charge in [-0.3, -0.25) is 4.79 Å². The normalized spacial score (nSPS) is 11.4. The van der Waals surface area contributed by atoms with Crippen LogP contribution in [-0.4, -0.2) is 14.7 Å². The molecular formula is C12H10O3S2. The topological polar surface area (TPSA) is 51.2 Å². The van der Waals surface area contributed by atoms with Crippen LogP contribution in [0.3, 0.4) is 0 Å². The lowest BCUT2D eigenvalue weighted by molar-refractivity contribution is 0.112. The lowest BCUT2D eigenvalue weighted by Crippen LogP contribution is -2.04. The number of benzene rings is 1. The van der Waals surface area contributed by atoms with Gasteiger partial charge in [-0.1, -0.05) is 18.2 Å². The van der Waals surface area contributed by atoms with Crippen LogP contribution in [0.25, 0.3) is 0 Å². The average molecular weight is 266 g/mol. The van der Waals surface area contributed by atoms with Crippen molar-refractivity contribution in [3.63, 3.8) is 0 Å². The van der Waals surface area contributed by atoms with Crippen LogP contribution in [0.4, 0.5) is 0 Å². The summed E-state index contributed by atoms with van der Waals surface area (Å²) < 4.78 is 24.7. The Hall–Kier alpha value is -1.46. The summed E-state index contributed by atoms with van der Waals surface area (Å²) in [6.45, 7) is 1.69. The van der Waals surface area contributed by atoms with Crippen molar-refractivity contribution in [3.05, 3.63) is 46.2 Å². The van der Waals surface area contributed by atoms with Gasteiger partial charge >= 0.3 is 0 Å². The van der Waals surface area contributed by atoms with Crippen LogP contribution >= 0.6 is 11.3 Å². The van der Waals surface area contributed by atoms with Gasteiger partial charge in [-0.25, -0.2) is 8.42 Å². The number of aryl methyl sites for hydroxylation is 1. The molecule has 0 amide bonds. The van der Waals surface area contributed by atoms with E-state index < -0.39 is 9.84 Å². The van der Waals surface area contributed by atoms with Crippen molar-refractivity contribution in [2.75, 3.05) is 0 Å². The number of thiophene rings is 1. The molecule has 0 fully saturated rings. The number of carbonyl (C=O) groups excluding carboxylic acids is 1. The molecule has 2 aromatic rings. The van der Waals surface area contributed by atoms with Crippen molar-refractivity contribution >= 4 is 27.5 Å². The summed E-state index contributed by atoms with van der Waals surface area (Å²) in [4.78, 5) is 11.5. The van der Waals surface area contributed by atoms with Crippen molar-refractivity contribution in [1.29, 1.82) is 0 Å². The van der Waals surface area contributed by atoms with Crippen LogP contribution in [0.2, 0.25) is 0 Å². The monoisotopic (exact) mass is 266 g/mol. The molecule has 3 nitrogen and oxygen atoms in total. The molecule has 0 saturated heterocycles. The molecule has 2 rings (SSSR count). The van der Waals surface area contributed by atoms with Gasteiger partial charge in [0.15, 0.2) is 6.29 Å². The third-order valence-electron chi connectivity index (χ3n) is 2.37. The summed E-state index contributed by atoms with van der Waals surface area (Å²) in [5, 5.41) is 1.68. The molecule has 0 spiro atoms. The predicted molar refractivity (Wildman–Crippen MR) is 66.3 cm³/mol. The molecule has 0 atom stereocenters. The Morgan fingerprint density at radius 1 is 1.18 bits per heavy atom. The maximum Gasteiger partial charge on any atom is 0.208 e. The van der Waals surface area contributed by atoms with Crippen LogP contribution in [0.15, 0.2) is 45.5 Å². The highest BCUT2D eigenvalue weighted by molar-refractivity contribution is 7.91. The van der Waals surface area contributed by atoms with E-state index in [1.54, 1.807) is 30.5 Å². The fourth-order valence-electron chi connectivity index (χ4n) is 1.60. The molecule has 0 aliphatic heterocycles. The second-order valence-electron chi connectivity index (χ2n) is 3.55. The second kappa shape index (κ2) is 4.43. The maximum absolute atomic E-state index is 12.3. The van der Waals surface area contributed by atoms with Crippen molar-refractivity contribution in [1.82, 2.24) is 0 Å². The van der Waals surface area contributed by atoms with Crippen molar-refractivity contribution in [2.24, 2.45) is 0 Å². The summed E-state index contributed by atoms with van der Waals surface area (Å²) in [5.41, 5.74) is 0.612. The molecule has 0 bridgehead atoms. The molecular weight excluding hydrogens is 256 g/mol. The van der Waals surface area contributed by atoms with Crippen LogP contribution in [0.5, 0.6) is 0 Å². The number of hydrogen-bond acceptors (Lipinski definition) is 4. The standard InChI is InChI=1S/C12H10O3S2/c1-9-8-16-11(7-13)12(9)17(14,15)10-5-3-2-4-6-10/h2-8H,1H3. The van der Waals surface area contributed by atoms with E-state index in [2.05, 4.69) is 0 Å². The molecule has 0 N–H and O–H groups in total. The number of aldehydes is 1. The van der Waals surface area contributed by atoms with Crippen molar-refractivity contribution < 1.29 is 13.2 Å². The van der Waals surface area contributed by atoms with Gasteiger partial charge in [-0.2, -0.15) is 0 Å². The van der Waals surface area contributed by atoms with Gasteiger partial charge < -0.3 is 0 Å². The summed E-state index contributed by atoms with van der Waals surface area (Å²) >= 11 is 1.15. The lowest BCUT2D eigenvalue weighted by Gasteiger charge is -2.04. The van der Waals surface area contributed by atoms with E-state index in [4.69, 9.17) is 0 Å². The van der Waals surface area contributed by atoms with Crippen molar-refractivity contribution in [2.45, 2.75) is 16.7 Å². The Kier molecular flexibility index (Phi) is 3.13. The van der Waals surface area contributed by atoms with Crippen LogP contribution < -0.4 is 0 Å². The highest BCUT2D eigenvalue weighted by atomic mass is 32.2. The summed E-state index contributed by atoms with van der Waals surface area (Å²) in [6.07, 6.45) is 0.591. The zero-order valence-electron chi connectivity index (χ0n) is 9.08. The second-order valence-corrected chi connectivity index (χ2v) is 6.34. The minimum absolute atomic E-state index is 0.128. The first-order valence-electron chi connectivity index (χ1n) is 4.91. The van der Waals surface area contributed by atoms with E-state index in [1.807, 2.05) is 0 Å². The molecule has 0 unspecified atom stereocenters. The molecule has 88 valence electrons. The van der Waals surface area contributed by atoms with E-state index in [9.17, 15) is 13.2 Å². The summed E-state index contributed by atoms with van der Waals surface area (Å²) in [5.74, 6) is 0. The first kappa shape index (κ1) is 12.0. The van der Waals surface area contributed by atoms with E-state index in [1.165, 1.54) is 12.1 Å². The minimum Gasteiger partial charge on any atom is -0.297 e. The highest BCUT2D eigenvalue weighted by Gasteiger charge is 2.24. The zero-order valence-corrected chi connectivity index (χ0v) is 10.7. The van der Waals surface area contributed by atoms with Gasteiger partial charge in [-0.15, -0.1) is 11.3 Å². The first-order valence-corrected chi connectivity index (χ1v) is 7.27. The van der Waals surface area contributed by atoms with Crippen molar-refractivity contribution in [3.8, 4) is 0 Å². The van der Waals surface area contributed by atoms with Gasteiger partial charge in [-0.05, 0) is 30.0 Å². The highest BCUT2D eigenvalue weighted by Crippen LogP contribution is 2.30. The van der Waals surface area contributed by atoms with Crippen LogP contribution in [0, 0.1) is 6.92 Å². The molecule has 17 heavy (non-hydrogen) atoms. The Morgan fingerprint density at radius 2 is 1.82 bits per heavy atom. The molecule has 1 aromatic heterocycles. The fraction of sp³-hybridized carbons (Fsp3) is 0.0833. The molecule has 0 radical (unpaired) electrons. The van der Waals surface area contributed by atoms with E-state index in [0.29, 0.717) is 11.8 Å². The predicted octanol–water partition coefficient (Wildman–Crippen LogP) is 2.70. The molecule has 0 saturated carbocycles. The number of rotatable bonds is 3. The molecule has 1 aromatic carbocycles. The molecule has 0 aliphatic rings. The SMILES string of the molecule is Cc1csc(C=O)c1S(=O)(=O)c1ccccc1. The van der Waals surface area contributed by atoms with E-state index in [0.717, 1.165) is 11.3 Å². The largest absolute Gasteiger partial charge is 0.297 e. The number of carbonyl (C=O) groups is 1. The smallest absolute Gasteiger partial charge is 0.208 e. The fourth-order valence-corrected chi connectivity index (χ4v) is 4.44. The summed E-state index contributed by atoms with van der Waals surface area (Å²) in [7, 11) is -3.59. The van der Waals surface area contributed by atoms with Crippen LogP contribution in [0.1, 0.15) is 15.2 Å². The Morgan fingerprint density at radius 3 is 2.41 bits per heavy atom. The molecule has 5 heteroatoms. The molecule has 0 aliphatic carbocycles. The van der Waals surface area contributed by atoms with Gasteiger partial charge in [0.05, 0.1) is 14.7 Å². The van der Waals surface area contributed by atoms with Gasteiger partial charge in [0.25, 0.3) is 0 Å².